The maximum atomic E-state index is 13.2. The molecule has 32 heavy (non-hydrogen) atoms. The van der Waals surface area contributed by atoms with Crippen LogP contribution in [-0.4, -0.2) is 27.5 Å². The minimum Gasteiger partial charge on any atom is -0.321 e. The largest absolute Gasteiger partial charge is 0.418 e. The van der Waals surface area contributed by atoms with Crippen LogP contribution in [0.25, 0.3) is 16.7 Å². The summed E-state index contributed by atoms with van der Waals surface area (Å²) in [7, 11) is 1.55. The molecule has 3 aromatic carbocycles. The van der Waals surface area contributed by atoms with Crippen LogP contribution in [0.5, 0.6) is 0 Å². The lowest BCUT2D eigenvalue weighted by atomic mass is 10.1. The minimum absolute atomic E-state index is 0.272. The predicted molar refractivity (Wildman–Crippen MR) is 118 cm³/mol. The highest BCUT2D eigenvalue weighted by Crippen LogP contribution is 2.35. The number of para-hydroxylation sites is 3. The summed E-state index contributed by atoms with van der Waals surface area (Å²) >= 11 is 0. The van der Waals surface area contributed by atoms with Crippen LogP contribution in [0.1, 0.15) is 24.1 Å². The highest BCUT2D eigenvalue weighted by Gasteiger charge is 2.34. The van der Waals surface area contributed by atoms with Crippen LogP contribution in [0.4, 0.5) is 23.7 Å². The Morgan fingerprint density at radius 3 is 2.38 bits per heavy atom. The summed E-state index contributed by atoms with van der Waals surface area (Å²) < 4.78 is 41.6. The highest BCUT2D eigenvalue weighted by atomic mass is 19.4. The van der Waals surface area contributed by atoms with E-state index in [0.29, 0.717) is 0 Å². The zero-order valence-corrected chi connectivity index (χ0v) is 17.5. The Labute approximate surface area is 183 Å². The first-order chi connectivity index (χ1) is 15.3. The molecule has 5 nitrogen and oxygen atoms in total. The maximum absolute atomic E-state index is 13.2. The summed E-state index contributed by atoms with van der Waals surface area (Å²) in [5.74, 6) is 0. The molecule has 1 N–H and O–H groups in total. The zero-order chi connectivity index (χ0) is 22.9. The number of anilines is 1. The molecule has 0 radical (unpaired) electrons. The molecule has 0 spiro atoms. The maximum Gasteiger partial charge on any atom is 0.418 e. The Balaban J connectivity index is 1.51. The van der Waals surface area contributed by atoms with Crippen LogP contribution in [-0.2, 0) is 6.18 Å². The third kappa shape index (κ3) is 4.16. The Bertz CT molecular complexity index is 1250. The van der Waals surface area contributed by atoms with Gasteiger partial charge in [-0.2, -0.15) is 13.2 Å². The van der Waals surface area contributed by atoms with E-state index in [1.54, 1.807) is 13.4 Å². The highest BCUT2D eigenvalue weighted by molar-refractivity contribution is 5.90. The average molecular weight is 438 g/mol. The van der Waals surface area contributed by atoms with Gasteiger partial charge in [0.1, 0.15) is 6.33 Å². The van der Waals surface area contributed by atoms with Gasteiger partial charge in [0.25, 0.3) is 0 Å². The van der Waals surface area contributed by atoms with Gasteiger partial charge in [0, 0.05) is 12.7 Å². The fraction of sp³-hybridized carbons (Fsp3) is 0.167. The topological polar surface area (TPSA) is 50.2 Å². The van der Waals surface area contributed by atoms with Crippen LogP contribution >= 0.6 is 0 Å². The summed E-state index contributed by atoms with van der Waals surface area (Å²) in [6.45, 7) is 1.82. The SMILES string of the molecule is CC(c1ccc(-n2cnc3ccccc32)cc1)N(C)C(=O)Nc1ccccc1C(F)(F)F. The second-order valence-corrected chi connectivity index (χ2v) is 7.46. The molecule has 1 atom stereocenters. The van der Waals surface area contributed by atoms with Crippen molar-refractivity contribution in [2.24, 2.45) is 0 Å². The summed E-state index contributed by atoms with van der Waals surface area (Å²) in [4.78, 5) is 18.4. The van der Waals surface area contributed by atoms with Gasteiger partial charge in [-0.25, -0.2) is 9.78 Å². The van der Waals surface area contributed by atoms with Gasteiger partial charge in [-0.05, 0) is 48.9 Å². The molecular weight excluding hydrogens is 417 g/mol. The van der Waals surface area contributed by atoms with E-state index in [4.69, 9.17) is 0 Å². The summed E-state index contributed by atoms with van der Waals surface area (Å²) in [5.41, 5.74) is 2.48. The molecule has 1 unspecified atom stereocenters. The minimum atomic E-state index is -4.55. The Morgan fingerprint density at radius 1 is 1.00 bits per heavy atom. The first-order valence-corrected chi connectivity index (χ1v) is 9.98. The molecule has 0 saturated carbocycles. The number of aromatic nitrogens is 2. The molecule has 4 rings (SSSR count). The van der Waals surface area contributed by atoms with Gasteiger partial charge >= 0.3 is 12.2 Å². The predicted octanol–water partition coefficient (Wildman–Crippen LogP) is 6.27. The smallest absolute Gasteiger partial charge is 0.321 e. The molecule has 0 aliphatic carbocycles. The van der Waals surface area contributed by atoms with Crippen molar-refractivity contribution in [2.45, 2.75) is 19.1 Å². The Hall–Kier alpha value is -3.81. The van der Waals surface area contributed by atoms with Crippen LogP contribution in [0.2, 0.25) is 0 Å². The van der Waals surface area contributed by atoms with Crippen molar-refractivity contribution in [3.8, 4) is 5.69 Å². The van der Waals surface area contributed by atoms with Crippen molar-refractivity contribution in [3.63, 3.8) is 0 Å². The normalized spacial score (nSPS) is 12.5. The number of fused-ring (bicyclic) bond motifs is 1. The van der Waals surface area contributed by atoms with Crippen LogP contribution < -0.4 is 5.32 Å². The number of carbonyl (C=O) groups excluding carboxylic acids is 1. The molecule has 0 fully saturated rings. The van der Waals surface area contributed by atoms with Gasteiger partial charge in [-0.3, -0.25) is 4.57 Å². The van der Waals surface area contributed by atoms with Crippen molar-refractivity contribution >= 4 is 22.8 Å². The number of halogens is 3. The number of urea groups is 1. The third-order valence-electron chi connectivity index (χ3n) is 5.48. The first kappa shape index (κ1) is 21.4. The molecule has 8 heteroatoms. The molecule has 0 aliphatic rings. The zero-order valence-electron chi connectivity index (χ0n) is 17.5. The van der Waals surface area contributed by atoms with Gasteiger partial charge in [0.05, 0.1) is 28.3 Å². The van der Waals surface area contributed by atoms with Gasteiger partial charge in [0.15, 0.2) is 0 Å². The fourth-order valence-corrected chi connectivity index (χ4v) is 3.52. The van der Waals surface area contributed by atoms with Crippen molar-refractivity contribution < 1.29 is 18.0 Å². The number of hydrogen-bond acceptors (Lipinski definition) is 2. The summed E-state index contributed by atoms with van der Waals surface area (Å²) in [5, 5.41) is 2.38. The van der Waals surface area contributed by atoms with Crippen molar-refractivity contribution in [1.29, 1.82) is 0 Å². The molecule has 0 aliphatic heterocycles. The summed E-state index contributed by atoms with van der Waals surface area (Å²) in [6, 6.07) is 19.4. The Kier molecular flexibility index (Phi) is 5.61. The van der Waals surface area contributed by atoms with E-state index in [0.717, 1.165) is 28.4 Å². The average Bonchev–Trinajstić information content (AvgIpc) is 3.22. The van der Waals surface area contributed by atoms with Crippen molar-refractivity contribution in [2.75, 3.05) is 12.4 Å². The van der Waals surface area contributed by atoms with Gasteiger partial charge in [0.2, 0.25) is 0 Å². The summed E-state index contributed by atoms with van der Waals surface area (Å²) in [6.07, 6.45) is -2.80. The van der Waals surface area contributed by atoms with Gasteiger partial charge in [-0.15, -0.1) is 0 Å². The van der Waals surface area contributed by atoms with E-state index in [2.05, 4.69) is 10.3 Å². The molecule has 0 saturated heterocycles. The number of hydrogen-bond donors (Lipinski definition) is 1. The standard InChI is InChI=1S/C24H21F3N4O/c1-16(30(2)23(32)29-20-8-4-3-7-19(20)24(25,26)27)17-11-13-18(14-12-17)31-15-28-21-9-5-6-10-22(21)31/h3-16H,1-2H3,(H,29,32). The number of alkyl halides is 3. The molecule has 1 aromatic heterocycles. The number of nitrogens with one attached hydrogen (secondary N) is 1. The number of carbonyl (C=O) groups is 1. The van der Waals surface area contributed by atoms with E-state index >= 15 is 0 Å². The number of amides is 2. The lowest BCUT2D eigenvalue weighted by molar-refractivity contribution is -0.136. The van der Waals surface area contributed by atoms with E-state index in [-0.39, 0.29) is 11.7 Å². The third-order valence-corrected chi connectivity index (χ3v) is 5.48. The first-order valence-electron chi connectivity index (χ1n) is 9.98. The Morgan fingerprint density at radius 2 is 1.66 bits per heavy atom. The van der Waals surface area contributed by atoms with Crippen LogP contribution in [0.15, 0.2) is 79.1 Å². The number of benzene rings is 3. The molecule has 2 amide bonds. The van der Waals surface area contributed by atoms with Crippen LogP contribution in [0.3, 0.4) is 0 Å². The van der Waals surface area contributed by atoms with Crippen LogP contribution in [0, 0.1) is 0 Å². The van der Waals surface area contributed by atoms with E-state index in [1.165, 1.54) is 23.1 Å². The molecule has 0 bridgehead atoms. The lowest BCUT2D eigenvalue weighted by Crippen LogP contribution is -2.34. The van der Waals surface area contributed by atoms with Gasteiger partial charge < -0.3 is 10.2 Å². The van der Waals surface area contributed by atoms with E-state index in [1.807, 2.05) is 60.0 Å². The molecule has 164 valence electrons. The number of rotatable bonds is 4. The molecular formula is C24H21F3N4O. The lowest BCUT2D eigenvalue weighted by Gasteiger charge is -2.26. The second-order valence-electron chi connectivity index (χ2n) is 7.46. The fourth-order valence-electron chi connectivity index (χ4n) is 3.52. The van der Waals surface area contributed by atoms with Crippen molar-refractivity contribution in [3.05, 3.63) is 90.3 Å². The van der Waals surface area contributed by atoms with E-state index in [9.17, 15) is 18.0 Å². The quantitative estimate of drug-likeness (QED) is 0.408. The number of nitrogens with zero attached hydrogens (tertiary/aromatic N) is 3. The molecule has 4 aromatic rings. The van der Waals surface area contributed by atoms with Gasteiger partial charge in [-0.1, -0.05) is 36.4 Å². The second kappa shape index (κ2) is 8.37. The molecule has 1 heterocycles. The number of imidazole rings is 1. The monoisotopic (exact) mass is 438 g/mol. The van der Waals surface area contributed by atoms with Crippen molar-refractivity contribution in [1.82, 2.24) is 14.5 Å². The van der Waals surface area contributed by atoms with E-state index < -0.39 is 17.8 Å².